The molecule has 2 heterocycles. The number of morpholine rings is 2. The molecule has 194 valence electrons. The Kier molecular flexibility index (Phi) is 9.09. The summed E-state index contributed by atoms with van der Waals surface area (Å²) in [5.41, 5.74) is 10.4. The average Bonchev–Trinajstić information content (AvgIpc) is 3.69. The van der Waals surface area contributed by atoms with Gasteiger partial charge in [0.2, 0.25) is 0 Å². The molecular weight excluding hydrogens is 454 g/mol. The summed E-state index contributed by atoms with van der Waals surface area (Å²) in [6, 6.07) is 12.8. The fourth-order valence-electron chi connectivity index (χ4n) is 4.86. The van der Waals surface area contributed by atoms with E-state index in [1.165, 1.54) is 25.9 Å². The molecule has 2 aromatic rings. The highest BCUT2D eigenvalue weighted by molar-refractivity contribution is 6.14. The van der Waals surface area contributed by atoms with Crippen LogP contribution in [0.5, 0.6) is 0 Å². The maximum Gasteiger partial charge on any atom is 0.150 e. The van der Waals surface area contributed by atoms with Crippen molar-refractivity contribution in [3.8, 4) is 0 Å². The summed E-state index contributed by atoms with van der Waals surface area (Å²) in [5.74, 6) is 0. The van der Waals surface area contributed by atoms with Crippen LogP contribution in [0, 0.1) is 10.8 Å². The Morgan fingerprint density at radius 3 is 2.25 bits per heavy atom. The summed E-state index contributed by atoms with van der Waals surface area (Å²) >= 11 is 0. The molecule has 8 heteroatoms. The van der Waals surface area contributed by atoms with Gasteiger partial charge < -0.3 is 25.4 Å². The van der Waals surface area contributed by atoms with Gasteiger partial charge in [-0.25, -0.2) is 0 Å². The second-order valence-electron chi connectivity index (χ2n) is 9.90. The summed E-state index contributed by atoms with van der Waals surface area (Å²) in [5, 5.41) is 11.7. The van der Waals surface area contributed by atoms with E-state index >= 15 is 0 Å². The molecule has 0 aromatic heterocycles. The first-order valence-corrected chi connectivity index (χ1v) is 12.8. The number of nitrogens with zero attached hydrogens (tertiary/aromatic N) is 2. The maximum atomic E-state index is 10.9. The topological polar surface area (TPSA) is 104 Å². The summed E-state index contributed by atoms with van der Waals surface area (Å²) in [6.45, 7) is 9.82. The van der Waals surface area contributed by atoms with Crippen molar-refractivity contribution in [2.24, 2.45) is 5.41 Å². The number of benzene rings is 2. The zero-order valence-electron chi connectivity index (χ0n) is 21.3. The number of carbonyl (C=O) groups excluding carboxylic acids is 1. The standard InChI is InChI=1S/C18H19N3O2.C10H20N2O/c19-17-6-1-13(12-22)11-16(17)18(20)14-2-4-15(5-3-14)21-7-9-23-10-8-21;1-11-8-10(2-3-10)9-12-4-6-13-7-5-12/h1-6,11-12,20H,7-10,19H2;11H,2-9H2,1H3. The van der Waals surface area contributed by atoms with Crippen molar-refractivity contribution < 1.29 is 14.3 Å². The molecule has 3 fully saturated rings. The van der Waals surface area contributed by atoms with Crippen LogP contribution in [0.25, 0.3) is 0 Å². The molecule has 0 amide bonds. The van der Waals surface area contributed by atoms with Crippen molar-refractivity contribution in [1.82, 2.24) is 10.2 Å². The van der Waals surface area contributed by atoms with Gasteiger partial charge in [-0.15, -0.1) is 0 Å². The van der Waals surface area contributed by atoms with Crippen molar-refractivity contribution in [2.45, 2.75) is 12.8 Å². The fourth-order valence-corrected chi connectivity index (χ4v) is 4.86. The van der Waals surface area contributed by atoms with E-state index in [4.69, 9.17) is 20.6 Å². The van der Waals surface area contributed by atoms with Crippen molar-refractivity contribution in [3.63, 3.8) is 0 Å². The minimum Gasteiger partial charge on any atom is -0.398 e. The molecule has 2 aromatic carbocycles. The number of nitrogens with two attached hydrogens (primary N) is 1. The lowest BCUT2D eigenvalue weighted by Crippen LogP contribution is -2.42. The maximum absolute atomic E-state index is 10.9. The molecule has 1 aliphatic carbocycles. The number of anilines is 2. The van der Waals surface area contributed by atoms with Crippen LogP contribution in [0.3, 0.4) is 0 Å². The van der Waals surface area contributed by atoms with Crippen LogP contribution in [0.4, 0.5) is 11.4 Å². The smallest absolute Gasteiger partial charge is 0.150 e. The van der Waals surface area contributed by atoms with Crippen LogP contribution < -0.4 is 16.0 Å². The molecule has 5 rings (SSSR count). The third-order valence-corrected chi connectivity index (χ3v) is 7.19. The Labute approximate surface area is 214 Å². The Hall–Kier alpha value is -2.78. The van der Waals surface area contributed by atoms with Crippen LogP contribution in [-0.4, -0.2) is 89.6 Å². The van der Waals surface area contributed by atoms with Gasteiger partial charge in [0.15, 0.2) is 0 Å². The number of nitrogen functional groups attached to an aromatic ring is 1. The third-order valence-electron chi connectivity index (χ3n) is 7.19. The first-order valence-electron chi connectivity index (χ1n) is 12.8. The third kappa shape index (κ3) is 6.91. The summed E-state index contributed by atoms with van der Waals surface area (Å²) in [4.78, 5) is 15.7. The van der Waals surface area contributed by atoms with E-state index in [0.29, 0.717) is 27.9 Å². The van der Waals surface area contributed by atoms with E-state index in [2.05, 4.69) is 22.2 Å². The van der Waals surface area contributed by atoms with Gasteiger partial charge in [0.25, 0.3) is 0 Å². The van der Waals surface area contributed by atoms with Gasteiger partial charge in [0.1, 0.15) is 6.29 Å². The predicted molar refractivity (Wildman–Crippen MR) is 144 cm³/mol. The van der Waals surface area contributed by atoms with Crippen molar-refractivity contribution in [3.05, 3.63) is 59.2 Å². The SMILES string of the molecule is CNCC1(CN2CCOCC2)CC1.N=C(c1ccc(N2CCOCC2)cc1)c1cc(C=O)ccc1N. The number of ether oxygens (including phenoxy) is 2. The number of rotatable bonds is 8. The van der Waals surface area contributed by atoms with Gasteiger partial charge in [-0.05, 0) is 55.6 Å². The van der Waals surface area contributed by atoms with Crippen molar-refractivity contribution >= 4 is 23.4 Å². The minimum absolute atomic E-state index is 0.319. The molecule has 0 atom stereocenters. The summed E-state index contributed by atoms with van der Waals surface area (Å²) in [6.07, 6.45) is 3.58. The van der Waals surface area contributed by atoms with Gasteiger partial charge in [-0.1, -0.05) is 12.1 Å². The second-order valence-corrected chi connectivity index (χ2v) is 9.90. The Morgan fingerprint density at radius 1 is 1.03 bits per heavy atom. The van der Waals surface area contributed by atoms with Crippen molar-refractivity contribution in [2.75, 3.05) is 83.4 Å². The molecule has 1 saturated carbocycles. The van der Waals surface area contributed by atoms with Gasteiger partial charge in [0, 0.05) is 67.3 Å². The summed E-state index contributed by atoms with van der Waals surface area (Å²) in [7, 11) is 2.05. The van der Waals surface area contributed by atoms with Crippen molar-refractivity contribution in [1.29, 1.82) is 5.41 Å². The highest BCUT2D eigenvalue weighted by Crippen LogP contribution is 2.45. The minimum atomic E-state index is 0.319. The van der Waals surface area contributed by atoms with E-state index in [1.54, 1.807) is 18.2 Å². The van der Waals surface area contributed by atoms with Gasteiger partial charge in [0.05, 0.1) is 32.1 Å². The highest BCUT2D eigenvalue weighted by Gasteiger charge is 2.43. The molecule has 4 N–H and O–H groups in total. The van der Waals surface area contributed by atoms with E-state index in [9.17, 15) is 4.79 Å². The number of carbonyl (C=O) groups is 1. The van der Waals surface area contributed by atoms with E-state index in [1.807, 2.05) is 24.3 Å². The molecule has 0 bridgehead atoms. The number of hydrogen-bond acceptors (Lipinski definition) is 8. The molecule has 0 spiro atoms. The molecular formula is C28H39N5O3. The van der Waals surface area contributed by atoms with Crippen LogP contribution in [0.15, 0.2) is 42.5 Å². The molecule has 2 saturated heterocycles. The lowest BCUT2D eigenvalue weighted by atomic mass is 9.99. The number of hydrogen-bond donors (Lipinski definition) is 3. The predicted octanol–water partition coefficient (Wildman–Crippen LogP) is 2.65. The number of aldehydes is 1. The zero-order valence-corrected chi connectivity index (χ0v) is 21.3. The second kappa shape index (κ2) is 12.5. The molecule has 3 aliphatic rings. The van der Waals surface area contributed by atoms with Gasteiger partial charge in [-0.2, -0.15) is 0 Å². The first kappa shape index (κ1) is 26.3. The molecule has 8 nitrogen and oxygen atoms in total. The lowest BCUT2D eigenvalue weighted by molar-refractivity contribution is 0.0285. The molecule has 0 radical (unpaired) electrons. The summed E-state index contributed by atoms with van der Waals surface area (Å²) < 4.78 is 10.7. The Bertz CT molecular complexity index is 1010. The fraction of sp³-hybridized carbons (Fsp3) is 0.500. The average molecular weight is 494 g/mol. The van der Waals surface area contributed by atoms with Gasteiger partial charge in [-0.3, -0.25) is 15.1 Å². The monoisotopic (exact) mass is 493 g/mol. The van der Waals surface area contributed by atoms with Crippen LogP contribution in [-0.2, 0) is 9.47 Å². The number of nitrogens with one attached hydrogen (secondary N) is 2. The normalized spacial score (nSPS) is 19.2. The van der Waals surface area contributed by atoms with Gasteiger partial charge >= 0.3 is 0 Å². The first-order chi connectivity index (χ1) is 17.5. The van der Waals surface area contributed by atoms with Crippen LogP contribution in [0.1, 0.15) is 34.3 Å². The molecule has 36 heavy (non-hydrogen) atoms. The zero-order chi connectivity index (χ0) is 25.4. The Balaban J connectivity index is 0.000000197. The van der Waals surface area contributed by atoms with Crippen LogP contribution in [0.2, 0.25) is 0 Å². The van der Waals surface area contributed by atoms with E-state index < -0.39 is 0 Å². The van der Waals surface area contributed by atoms with E-state index in [-0.39, 0.29) is 0 Å². The van der Waals surface area contributed by atoms with E-state index in [0.717, 1.165) is 70.1 Å². The van der Waals surface area contributed by atoms with Crippen LogP contribution >= 0.6 is 0 Å². The largest absolute Gasteiger partial charge is 0.398 e. The molecule has 2 aliphatic heterocycles. The highest BCUT2D eigenvalue weighted by atomic mass is 16.5. The molecule has 0 unspecified atom stereocenters. The lowest BCUT2D eigenvalue weighted by Gasteiger charge is -2.30. The quantitative estimate of drug-likeness (QED) is 0.295. The Morgan fingerprint density at radius 2 is 1.67 bits per heavy atom.